The molecule has 0 radical (unpaired) electrons. The van der Waals surface area contributed by atoms with E-state index in [2.05, 4.69) is 4.98 Å². The summed E-state index contributed by atoms with van der Waals surface area (Å²) in [4.78, 5) is 4.09. The molecule has 0 unspecified atom stereocenters. The standard InChI is InChI=1S/C14H11ClN2O/c1-8-5-13(16)17-7-10(8)12-6-9-3-2-4-11(15)14(9)18-12/h2-7H,1H3,(H2,16,17). The lowest BCUT2D eigenvalue weighted by Crippen LogP contribution is -1.91. The minimum Gasteiger partial charge on any atom is -0.454 e. The van der Waals surface area contributed by atoms with Crippen LogP contribution in [0.3, 0.4) is 0 Å². The molecular formula is C14H11ClN2O. The van der Waals surface area contributed by atoms with Crippen molar-refractivity contribution in [3.8, 4) is 11.3 Å². The van der Waals surface area contributed by atoms with Gasteiger partial charge in [-0.2, -0.15) is 0 Å². The molecule has 0 fully saturated rings. The number of anilines is 1. The van der Waals surface area contributed by atoms with Gasteiger partial charge in [0.15, 0.2) is 5.58 Å². The van der Waals surface area contributed by atoms with Gasteiger partial charge < -0.3 is 10.2 Å². The Hall–Kier alpha value is -2.00. The monoisotopic (exact) mass is 258 g/mol. The van der Waals surface area contributed by atoms with Gasteiger partial charge >= 0.3 is 0 Å². The van der Waals surface area contributed by atoms with Crippen LogP contribution >= 0.6 is 11.6 Å². The van der Waals surface area contributed by atoms with Crippen molar-refractivity contribution in [2.24, 2.45) is 0 Å². The van der Waals surface area contributed by atoms with Gasteiger partial charge in [0, 0.05) is 17.1 Å². The number of aromatic nitrogens is 1. The maximum atomic E-state index is 6.09. The van der Waals surface area contributed by atoms with E-state index >= 15 is 0 Å². The second-order valence-electron chi connectivity index (χ2n) is 4.19. The molecule has 0 saturated carbocycles. The predicted molar refractivity (Wildman–Crippen MR) is 73.6 cm³/mol. The van der Waals surface area contributed by atoms with E-state index in [1.165, 1.54) is 0 Å². The quantitative estimate of drug-likeness (QED) is 0.717. The summed E-state index contributed by atoms with van der Waals surface area (Å²) in [7, 11) is 0. The Morgan fingerprint density at radius 1 is 1.28 bits per heavy atom. The molecule has 2 N–H and O–H groups in total. The Labute approximate surface area is 109 Å². The zero-order chi connectivity index (χ0) is 12.7. The van der Waals surface area contributed by atoms with Crippen LogP contribution in [-0.2, 0) is 0 Å². The van der Waals surface area contributed by atoms with E-state index in [1.807, 2.05) is 37.3 Å². The molecule has 4 heteroatoms. The van der Waals surface area contributed by atoms with E-state index < -0.39 is 0 Å². The molecule has 0 saturated heterocycles. The molecular weight excluding hydrogens is 248 g/mol. The molecule has 3 aromatic rings. The first-order valence-corrected chi connectivity index (χ1v) is 5.93. The molecule has 0 spiro atoms. The van der Waals surface area contributed by atoms with E-state index in [-0.39, 0.29) is 0 Å². The molecule has 2 aromatic heterocycles. The van der Waals surface area contributed by atoms with Gasteiger partial charge in [-0.05, 0) is 30.7 Å². The molecule has 90 valence electrons. The fourth-order valence-electron chi connectivity index (χ4n) is 2.00. The van der Waals surface area contributed by atoms with Crippen molar-refractivity contribution in [2.45, 2.75) is 6.92 Å². The highest BCUT2D eigenvalue weighted by molar-refractivity contribution is 6.34. The lowest BCUT2D eigenvalue weighted by Gasteiger charge is -2.02. The molecule has 0 bridgehead atoms. The highest BCUT2D eigenvalue weighted by Gasteiger charge is 2.11. The van der Waals surface area contributed by atoms with Gasteiger partial charge in [-0.15, -0.1) is 0 Å². The maximum absolute atomic E-state index is 6.09. The fourth-order valence-corrected chi connectivity index (χ4v) is 2.22. The Bertz CT molecular complexity index is 734. The summed E-state index contributed by atoms with van der Waals surface area (Å²) < 4.78 is 5.79. The van der Waals surface area contributed by atoms with E-state index in [1.54, 1.807) is 6.20 Å². The van der Waals surface area contributed by atoms with Crippen molar-refractivity contribution in [2.75, 3.05) is 5.73 Å². The first kappa shape index (κ1) is 11.1. The number of nitrogen functional groups attached to an aromatic ring is 1. The number of halogens is 1. The third-order valence-electron chi connectivity index (χ3n) is 2.89. The van der Waals surface area contributed by atoms with E-state index in [9.17, 15) is 0 Å². The number of fused-ring (bicyclic) bond motifs is 1. The summed E-state index contributed by atoms with van der Waals surface area (Å²) in [5, 5.41) is 1.59. The second kappa shape index (κ2) is 4.03. The first-order valence-electron chi connectivity index (χ1n) is 5.56. The molecule has 1 aromatic carbocycles. The van der Waals surface area contributed by atoms with Gasteiger partial charge in [0.2, 0.25) is 0 Å². The van der Waals surface area contributed by atoms with Gasteiger partial charge in [-0.3, -0.25) is 0 Å². The number of rotatable bonds is 1. The minimum absolute atomic E-state index is 0.505. The highest BCUT2D eigenvalue weighted by Crippen LogP contribution is 2.33. The first-order chi connectivity index (χ1) is 8.65. The summed E-state index contributed by atoms with van der Waals surface area (Å²) in [6.45, 7) is 1.97. The number of nitrogens with zero attached hydrogens (tertiary/aromatic N) is 1. The summed E-state index contributed by atoms with van der Waals surface area (Å²) in [5.41, 5.74) is 8.29. The normalized spacial score (nSPS) is 11.0. The molecule has 2 heterocycles. The van der Waals surface area contributed by atoms with Crippen molar-refractivity contribution in [1.82, 2.24) is 4.98 Å². The Morgan fingerprint density at radius 3 is 2.83 bits per heavy atom. The number of para-hydroxylation sites is 1. The molecule has 0 aliphatic rings. The Morgan fingerprint density at radius 2 is 2.11 bits per heavy atom. The average molecular weight is 259 g/mol. The fraction of sp³-hybridized carbons (Fsp3) is 0.0714. The third kappa shape index (κ3) is 1.73. The summed E-state index contributed by atoms with van der Waals surface area (Å²) in [6, 6.07) is 9.46. The van der Waals surface area contributed by atoms with Crippen molar-refractivity contribution in [1.29, 1.82) is 0 Å². The molecule has 3 rings (SSSR count). The van der Waals surface area contributed by atoms with E-state index in [0.29, 0.717) is 16.4 Å². The number of furan rings is 1. The van der Waals surface area contributed by atoms with Crippen molar-refractivity contribution in [3.63, 3.8) is 0 Å². The zero-order valence-corrected chi connectivity index (χ0v) is 10.5. The molecule has 0 aliphatic carbocycles. The Kier molecular flexibility index (Phi) is 2.49. The van der Waals surface area contributed by atoms with Crippen molar-refractivity contribution >= 4 is 28.4 Å². The van der Waals surface area contributed by atoms with Crippen molar-refractivity contribution < 1.29 is 4.42 Å². The summed E-state index contributed by atoms with van der Waals surface area (Å²) in [5.74, 6) is 1.26. The van der Waals surface area contributed by atoms with E-state index in [0.717, 1.165) is 22.3 Å². The number of nitrogens with two attached hydrogens (primary N) is 1. The highest BCUT2D eigenvalue weighted by atomic mass is 35.5. The predicted octanol–water partition coefficient (Wildman–Crippen LogP) is 4.04. The van der Waals surface area contributed by atoms with Crippen LogP contribution in [-0.4, -0.2) is 4.98 Å². The largest absolute Gasteiger partial charge is 0.454 e. The zero-order valence-electron chi connectivity index (χ0n) is 9.77. The maximum Gasteiger partial charge on any atom is 0.153 e. The van der Waals surface area contributed by atoms with Crippen LogP contribution in [0.25, 0.3) is 22.3 Å². The third-order valence-corrected chi connectivity index (χ3v) is 3.19. The van der Waals surface area contributed by atoms with Gasteiger partial charge in [0.05, 0.1) is 5.02 Å². The number of hydrogen-bond acceptors (Lipinski definition) is 3. The van der Waals surface area contributed by atoms with Crippen LogP contribution < -0.4 is 5.73 Å². The van der Waals surface area contributed by atoms with Crippen LogP contribution in [0.1, 0.15) is 5.56 Å². The van der Waals surface area contributed by atoms with Gasteiger partial charge in [0.1, 0.15) is 11.6 Å². The van der Waals surface area contributed by atoms with Crippen LogP contribution in [0.4, 0.5) is 5.82 Å². The molecule has 18 heavy (non-hydrogen) atoms. The summed E-state index contributed by atoms with van der Waals surface area (Å²) in [6.07, 6.45) is 1.72. The number of benzene rings is 1. The van der Waals surface area contributed by atoms with Crippen LogP contribution in [0.15, 0.2) is 40.9 Å². The van der Waals surface area contributed by atoms with Crippen LogP contribution in [0.2, 0.25) is 5.02 Å². The lowest BCUT2D eigenvalue weighted by atomic mass is 10.1. The smallest absolute Gasteiger partial charge is 0.153 e. The second-order valence-corrected chi connectivity index (χ2v) is 4.60. The summed E-state index contributed by atoms with van der Waals surface area (Å²) >= 11 is 6.09. The molecule has 0 aliphatic heterocycles. The number of pyridine rings is 1. The number of hydrogen-bond donors (Lipinski definition) is 1. The molecule has 0 atom stereocenters. The van der Waals surface area contributed by atoms with Crippen molar-refractivity contribution in [3.05, 3.63) is 47.1 Å². The lowest BCUT2D eigenvalue weighted by molar-refractivity contribution is 0.631. The SMILES string of the molecule is Cc1cc(N)ncc1-c1cc2cccc(Cl)c2o1. The van der Waals surface area contributed by atoms with Crippen LogP contribution in [0.5, 0.6) is 0 Å². The molecule has 0 amide bonds. The van der Waals surface area contributed by atoms with Crippen LogP contribution in [0, 0.1) is 6.92 Å². The average Bonchev–Trinajstić information content (AvgIpc) is 2.74. The van der Waals surface area contributed by atoms with Gasteiger partial charge in [-0.25, -0.2) is 4.98 Å². The minimum atomic E-state index is 0.505. The number of aryl methyl sites for hydroxylation is 1. The Balaban J connectivity index is 2.23. The van der Waals surface area contributed by atoms with Gasteiger partial charge in [0.25, 0.3) is 0 Å². The topological polar surface area (TPSA) is 52.0 Å². The van der Waals surface area contributed by atoms with E-state index in [4.69, 9.17) is 21.8 Å². The van der Waals surface area contributed by atoms with Gasteiger partial charge in [-0.1, -0.05) is 23.7 Å². The molecule has 3 nitrogen and oxygen atoms in total.